The third kappa shape index (κ3) is 2.48. The lowest BCUT2D eigenvalue weighted by Crippen LogP contribution is -2.52. The Kier molecular flexibility index (Phi) is 3.85. The first-order valence-corrected chi connectivity index (χ1v) is 6.20. The van der Waals surface area contributed by atoms with E-state index in [1.54, 1.807) is 6.07 Å². The van der Waals surface area contributed by atoms with Gasteiger partial charge in [-0.25, -0.2) is 4.39 Å². The van der Waals surface area contributed by atoms with Crippen LogP contribution < -0.4 is 4.90 Å². The summed E-state index contributed by atoms with van der Waals surface area (Å²) in [6, 6.07) is 4.38. The molecule has 0 aromatic heterocycles. The second-order valence-electron chi connectivity index (χ2n) is 4.44. The molecular formula is C12H12BrFN2O2. The van der Waals surface area contributed by atoms with Gasteiger partial charge in [-0.15, -0.1) is 0 Å². The van der Waals surface area contributed by atoms with Crippen molar-refractivity contribution in [3.05, 3.63) is 28.5 Å². The van der Waals surface area contributed by atoms with Gasteiger partial charge in [0.05, 0.1) is 35.4 Å². The van der Waals surface area contributed by atoms with Gasteiger partial charge in [-0.2, -0.15) is 5.26 Å². The molecule has 1 aliphatic heterocycles. The number of hydrogen-bond acceptors (Lipinski definition) is 4. The molecule has 1 aromatic rings. The van der Waals surface area contributed by atoms with Gasteiger partial charge < -0.3 is 9.84 Å². The molecule has 0 radical (unpaired) electrons. The smallest absolute Gasteiger partial charge is 0.184 e. The summed E-state index contributed by atoms with van der Waals surface area (Å²) in [5.41, 5.74) is 0.196. The maximum atomic E-state index is 13.1. The predicted octanol–water partition coefficient (Wildman–Crippen LogP) is 1.88. The van der Waals surface area contributed by atoms with Gasteiger partial charge in [0.25, 0.3) is 0 Å². The van der Waals surface area contributed by atoms with Gasteiger partial charge in [0.1, 0.15) is 5.82 Å². The maximum absolute atomic E-state index is 13.1. The minimum atomic E-state index is -0.392. The Bertz CT molecular complexity index is 480. The van der Waals surface area contributed by atoms with E-state index >= 15 is 0 Å². The van der Waals surface area contributed by atoms with Crippen LogP contribution >= 0.6 is 15.9 Å². The van der Waals surface area contributed by atoms with Crippen LogP contribution in [0.1, 0.15) is 0 Å². The molecule has 0 bridgehead atoms. The fourth-order valence-electron chi connectivity index (χ4n) is 1.80. The zero-order valence-corrected chi connectivity index (χ0v) is 11.2. The molecule has 0 amide bonds. The molecule has 1 saturated heterocycles. The zero-order chi connectivity index (χ0) is 13.2. The molecule has 0 spiro atoms. The van der Waals surface area contributed by atoms with E-state index in [0.29, 0.717) is 29.9 Å². The van der Waals surface area contributed by atoms with Gasteiger partial charge in [0.15, 0.2) is 6.19 Å². The van der Waals surface area contributed by atoms with Crippen molar-refractivity contribution in [1.29, 1.82) is 5.26 Å². The molecule has 0 unspecified atom stereocenters. The quantitative estimate of drug-likeness (QED) is 0.681. The van der Waals surface area contributed by atoms with Crippen molar-refractivity contribution >= 4 is 21.6 Å². The summed E-state index contributed by atoms with van der Waals surface area (Å²) in [4.78, 5) is 1.43. The fourth-order valence-corrected chi connectivity index (χ4v) is 2.16. The van der Waals surface area contributed by atoms with Crippen LogP contribution in [0.4, 0.5) is 10.1 Å². The molecule has 2 rings (SSSR count). The summed E-state index contributed by atoms with van der Waals surface area (Å²) in [6.45, 7) is 1.19. The fraction of sp³-hybridized carbons (Fsp3) is 0.417. The third-order valence-electron chi connectivity index (χ3n) is 2.98. The topological polar surface area (TPSA) is 56.5 Å². The van der Waals surface area contributed by atoms with E-state index < -0.39 is 5.41 Å². The lowest BCUT2D eigenvalue weighted by Gasteiger charge is -2.41. The van der Waals surface area contributed by atoms with Crippen LogP contribution in [-0.4, -0.2) is 31.5 Å². The third-order valence-corrected chi connectivity index (χ3v) is 3.59. The zero-order valence-electron chi connectivity index (χ0n) is 9.57. The highest BCUT2D eigenvalue weighted by molar-refractivity contribution is 9.10. The molecule has 0 atom stereocenters. The Hall–Kier alpha value is -1.16. The molecular weight excluding hydrogens is 303 g/mol. The number of aliphatic hydroxyl groups is 1. The Labute approximate surface area is 113 Å². The Balaban J connectivity index is 2.18. The molecule has 6 heteroatoms. The van der Waals surface area contributed by atoms with Crippen molar-refractivity contribution in [3.63, 3.8) is 0 Å². The van der Waals surface area contributed by atoms with Crippen molar-refractivity contribution < 1.29 is 14.2 Å². The number of benzene rings is 1. The largest absolute Gasteiger partial charge is 0.396 e. The van der Waals surface area contributed by atoms with Crippen LogP contribution in [0.5, 0.6) is 0 Å². The monoisotopic (exact) mass is 314 g/mol. The van der Waals surface area contributed by atoms with Crippen LogP contribution in [0.2, 0.25) is 0 Å². The Morgan fingerprint density at radius 1 is 1.56 bits per heavy atom. The van der Waals surface area contributed by atoms with Crippen LogP contribution in [0, 0.1) is 22.7 Å². The molecule has 1 N–H and O–H groups in total. The minimum absolute atomic E-state index is 0.0342. The normalized spacial score (nSPS) is 16.8. The SMILES string of the molecule is N#CN(CC1(CO)COC1)c1ccc(F)c(Br)c1. The number of nitriles is 1. The van der Waals surface area contributed by atoms with Gasteiger partial charge in [0, 0.05) is 6.54 Å². The number of nitrogens with zero attached hydrogens (tertiary/aromatic N) is 2. The van der Waals surface area contributed by atoms with E-state index in [2.05, 4.69) is 15.9 Å². The summed E-state index contributed by atoms with van der Waals surface area (Å²) in [5, 5.41) is 18.5. The van der Waals surface area contributed by atoms with E-state index in [-0.39, 0.29) is 12.4 Å². The highest BCUT2D eigenvalue weighted by Crippen LogP contribution is 2.31. The van der Waals surface area contributed by atoms with E-state index in [1.165, 1.54) is 17.0 Å². The Morgan fingerprint density at radius 3 is 2.72 bits per heavy atom. The number of hydrogen-bond donors (Lipinski definition) is 1. The first-order chi connectivity index (χ1) is 8.60. The van der Waals surface area contributed by atoms with Crippen molar-refractivity contribution in [2.24, 2.45) is 5.41 Å². The first kappa shape index (κ1) is 13.3. The number of anilines is 1. The molecule has 0 aliphatic carbocycles. The van der Waals surface area contributed by atoms with Gasteiger partial charge in [-0.3, -0.25) is 4.90 Å². The van der Waals surface area contributed by atoms with E-state index in [1.807, 2.05) is 6.19 Å². The summed E-state index contributed by atoms with van der Waals surface area (Å²) in [5.74, 6) is -0.375. The van der Waals surface area contributed by atoms with Crippen LogP contribution in [0.3, 0.4) is 0 Å². The van der Waals surface area contributed by atoms with Crippen LogP contribution in [-0.2, 0) is 4.74 Å². The number of ether oxygens (including phenoxy) is 1. The lowest BCUT2D eigenvalue weighted by atomic mass is 9.86. The van der Waals surface area contributed by atoms with Crippen LogP contribution in [0.25, 0.3) is 0 Å². The molecule has 96 valence electrons. The second-order valence-corrected chi connectivity index (χ2v) is 5.29. The highest BCUT2D eigenvalue weighted by atomic mass is 79.9. The van der Waals surface area contributed by atoms with Crippen molar-refractivity contribution in [1.82, 2.24) is 0 Å². The van der Waals surface area contributed by atoms with Gasteiger partial charge in [-0.1, -0.05) is 0 Å². The standard InChI is InChI=1S/C12H12BrFN2O2/c13-10-3-9(1-2-11(10)14)16(8-15)4-12(5-17)6-18-7-12/h1-3,17H,4-7H2. The molecule has 1 heterocycles. The summed E-state index contributed by atoms with van der Waals surface area (Å²) >= 11 is 3.09. The first-order valence-electron chi connectivity index (χ1n) is 5.41. The van der Waals surface area contributed by atoms with E-state index in [0.717, 1.165) is 0 Å². The Morgan fingerprint density at radius 2 is 2.28 bits per heavy atom. The maximum Gasteiger partial charge on any atom is 0.184 e. The summed E-state index contributed by atoms with van der Waals surface area (Å²) < 4.78 is 18.5. The highest BCUT2D eigenvalue weighted by Gasteiger charge is 2.40. The van der Waals surface area contributed by atoms with Crippen LogP contribution in [0.15, 0.2) is 22.7 Å². The molecule has 18 heavy (non-hydrogen) atoms. The number of halogens is 2. The molecule has 4 nitrogen and oxygen atoms in total. The number of rotatable bonds is 4. The molecule has 1 aliphatic rings. The average molecular weight is 315 g/mol. The lowest BCUT2D eigenvalue weighted by molar-refractivity contribution is -0.130. The van der Waals surface area contributed by atoms with Gasteiger partial charge in [0.2, 0.25) is 0 Å². The number of aliphatic hydroxyl groups excluding tert-OH is 1. The molecule has 1 aromatic carbocycles. The van der Waals surface area contributed by atoms with E-state index in [4.69, 9.17) is 10.00 Å². The van der Waals surface area contributed by atoms with Crippen molar-refractivity contribution in [2.75, 3.05) is 31.3 Å². The van der Waals surface area contributed by atoms with Gasteiger partial charge in [-0.05, 0) is 34.1 Å². The van der Waals surface area contributed by atoms with Crippen molar-refractivity contribution in [3.8, 4) is 6.19 Å². The summed E-state index contributed by atoms with van der Waals surface area (Å²) in [7, 11) is 0. The molecule has 0 saturated carbocycles. The molecule has 1 fully saturated rings. The second kappa shape index (κ2) is 5.22. The van der Waals surface area contributed by atoms with Crippen molar-refractivity contribution in [2.45, 2.75) is 0 Å². The minimum Gasteiger partial charge on any atom is -0.396 e. The van der Waals surface area contributed by atoms with E-state index in [9.17, 15) is 9.50 Å². The summed E-state index contributed by atoms with van der Waals surface area (Å²) in [6.07, 6.45) is 2.05. The van der Waals surface area contributed by atoms with Gasteiger partial charge >= 0.3 is 0 Å². The predicted molar refractivity (Wildman–Crippen MR) is 67.4 cm³/mol. The average Bonchev–Trinajstić information content (AvgIpc) is 2.33.